The van der Waals surface area contributed by atoms with Gasteiger partial charge in [-0.15, -0.1) is 10.2 Å². The quantitative estimate of drug-likeness (QED) is 0.599. The predicted molar refractivity (Wildman–Crippen MR) is 78.4 cm³/mol. The molecule has 22 heavy (non-hydrogen) atoms. The third-order valence-electron chi connectivity index (χ3n) is 3.48. The SMILES string of the molecule is CC(C)CC(NC(=O)C1CCCN1)c1nnn(CC(N)=O)n1. The molecule has 0 radical (unpaired) electrons. The average Bonchev–Trinajstić information content (AvgIpc) is 3.07. The van der Waals surface area contributed by atoms with Crippen molar-refractivity contribution in [1.29, 1.82) is 0 Å². The number of rotatable bonds is 7. The first-order chi connectivity index (χ1) is 10.5. The van der Waals surface area contributed by atoms with Crippen LogP contribution in [0.25, 0.3) is 0 Å². The Morgan fingerprint density at radius 3 is 2.86 bits per heavy atom. The molecule has 0 spiro atoms. The van der Waals surface area contributed by atoms with Crippen LogP contribution in [-0.4, -0.2) is 44.6 Å². The van der Waals surface area contributed by atoms with Crippen molar-refractivity contribution in [2.24, 2.45) is 11.7 Å². The zero-order chi connectivity index (χ0) is 16.1. The van der Waals surface area contributed by atoms with Gasteiger partial charge in [0.05, 0.1) is 12.1 Å². The number of nitrogens with two attached hydrogens (primary N) is 1. The number of tetrazole rings is 1. The van der Waals surface area contributed by atoms with Gasteiger partial charge >= 0.3 is 0 Å². The van der Waals surface area contributed by atoms with Gasteiger partial charge in [-0.25, -0.2) is 0 Å². The van der Waals surface area contributed by atoms with Crippen LogP contribution in [0.1, 0.15) is 45.0 Å². The van der Waals surface area contributed by atoms with E-state index in [1.807, 2.05) is 0 Å². The summed E-state index contributed by atoms with van der Waals surface area (Å²) in [4.78, 5) is 24.3. The van der Waals surface area contributed by atoms with Crippen LogP contribution in [0, 0.1) is 5.92 Å². The van der Waals surface area contributed by atoms with E-state index in [0.29, 0.717) is 18.2 Å². The van der Waals surface area contributed by atoms with Gasteiger partial charge in [0.1, 0.15) is 6.54 Å². The van der Waals surface area contributed by atoms with Gasteiger partial charge in [-0.2, -0.15) is 4.80 Å². The highest BCUT2D eigenvalue weighted by Gasteiger charge is 2.27. The number of carbonyl (C=O) groups excluding carboxylic acids is 2. The van der Waals surface area contributed by atoms with Crippen molar-refractivity contribution >= 4 is 11.8 Å². The minimum atomic E-state index is -0.538. The summed E-state index contributed by atoms with van der Waals surface area (Å²) in [5, 5.41) is 18.0. The number of hydrogen-bond donors (Lipinski definition) is 3. The van der Waals surface area contributed by atoms with Crippen molar-refractivity contribution in [3.05, 3.63) is 5.82 Å². The second-order valence-corrected chi connectivity index (χ2v) is 5.98. The minimum Gasteiger partial charge on any atom is -0.368 e. The summed E-state index contributed by atoms with van der Waals surface area (Å²) in [5.41, 5.74) is 5.11. The molecule has 1 aliphatic heterocycles. The third kappa shape index (κ3) is 4.48. The van der Waals surface area contributed by atoms with E-state index in [-0.39, 0.29) is 24.5 Å². The fraction of sp³-hybridized carbons (Fsp3) is 0.769. The van der Waals surface area contributed by atoms with E-state index in [4.69, 9.17) is 5.73 Å². The van der Waals surface area contributed by atoms with Crippen molar-refractivity contribution in [1.82, 2.24) is 30.8 Å². The lowest BCUT2D eigenvalue weighted by Crippen LogP contribution is -2.42. The summed E-state index contributed by atoms with van der Waals surface area (Å²) in [6.07, 6.45) is 2.53. The second kappa shape index (κ2) is 7.30. The summed E-state index contributed by atoms with van der Waals surface area (Å²) in [7, 11) is 0. The molecule has 1 aromatic heterocycles. The monoisotopic (exact) mass is 309 g/mol. The Morgan fingerprint density at radius 2 is 2.27 bits per heavy atom. The maximum atomic E-state index is 12.3. The zero-order valence-corrected chi connectivity index (χ0v) is 13.0. The van der Waals surface area contributed by atoms with Crippen LogP contribution in [-0.2, 0) is 16.1 Å². The molecule has 0 aromatic carbocycles. The molecule has 0 saturated carbocycles. The van der Waals surface area contributed by atoms with Crippen LogP contribution in [0.2, 0.25) is 0 Å². The van der Waals surface area contributed by atoms with Gasteiger partial charge in [0.15, 0.2) is 5.82 Å². The normalized spacial score (nSPS) is 19.3. The average molecular weight is 309 g/mol. The lowest BCUT2D eigenvalue weighted by Gasteiger charge is -2.19. The molecule has 2 heterocycles. The summed E-state index contributed by atoms with van der Waals surface area (Å²) in [5.74, 6) is 0.171. The Bertz CT molecular complexity index is 522. The summed E-state index contributed by atoms with van der Waals surface area (Å²) in [6, 6.07) is -0.480. The first kappa shape index (κ1) is 16.3. The maximum absolute atomic E-state index is 12.3. The molecule has 2 rings (SSSR count). The lowest BCUT2D eigenvalue weighted by atomic mass is 10.0. The molecule has 1 fully saturated rings. The number of nitrogens with zero attached hydrogens (tertiary/aromatic N) is 4. The zero-order valence-electron chi connectivity index (χ0n) is 13.0. The van der Waals surface area contributed by atoms with Crippen LogP contribution < -0.4 is 16.4 Å². The van der Waals surface area contributed by atoms with Gasteiger partial charge in [0.2, 0.25) is 11.8 Å². The highest BCUT2D eigenvalue weighted by atomic mass is 16.2. The van der Waals surface area contributed by atoms with E-state index in [2.05, 4.69) is 39.9 Å². The van der Waals surface area contributed by atoms with Crippen molar-refractivity contribution < 1.29 is 9.59 Å². The number of carbonyl (C=O) groups is 2. The van der Waals surface area contributed by atoms with Crippen molar-refractivity contribution in [2.75, 3.05) is 6.54 Å². The van der Waals surface area contributed by atoms with E-state index in [0.717, 1.165) is 24.2 Å². The molecule has 1 aliphatic rings. The highest BCUT2D eigenvalue weighted by Crippen LogP contribution is 2.18. The molecular weight excluding hydrogens is 286 g/mol. The molecule has 9 nitrogen and oxygen atoms in total. The molecular formula is C13H23N7O2. The fourth-order valence-electron chi connectivity index (χ4n) is 2.48. The molecule has 1 aromatic rings. The minimum absolute atomic E-state index is 0.0469. The molecule has 0 bridgehead atoms. The van der Waals surface area contributed by atoms with E-state index in [1.165, 1.54) is 0 Å². The van der Waals surface area contributed by atoms with Crippen LogP contribution >= 0.6 is 0 Å². The van der Waals surface area contributed by atoms with Crippen LogP contribution in [0.15, 0.2) is 0 Å². The standard InChI is InChI=1S/C13H23N7O2/c1-8(2)6-10(16-13(22)9-4-3-5-15-9)12-17-19-20(18-12)7-11(14)21/h8-10,15H,3-7H2,1-2H3,(H2,14,21)(H,16,22). The van der Waals surface area contributed by atoms with E-state index in [9.17, 15) is 9.59 Å². The van der Waals surface area contributed by atoms with Gasteiger partial charge in [0, 0.05) is 0 Å². The van der Waals surface area contributed by atoms with Crippen molar-refractivity contribution in [2.45, 2.75) is 51.7 Å². The van der Waals surface area contributed by atoms with Gasteiger partial charge in [-0.3, -0.25) is 9.59 Å². The Labute approximate surface area is 129 Å². The molecule has 2 unspecified atom stereocenters. The van der Waals surface area contributed by atoms with Crippen LogP contribution in [0.5, 0.6) is 0 Å². The van der Waals surface area contributed by atoms with Gasteiger partial charge in [0.25, 0.3) is 0 Å². The largest absolute Gasteiger partial charge is 0.368 e. The Hall–Kier alpha value is -2.03. The Balaban J connectivity index is 2.06. The molecule has 2 amide bonds. The van der Waals surface area contributed by atoms with Crippen molar-refractivity contribution in [3.63, 3.8) is 0 Å². The van der Waals surface area contributed by atoms with E-state index in [1.54, 1.807) is 0 Å². The second-order valence-electron chi connectivity index (χ2n) is 5.98. The predicted octanol–water partition coefficient (Wildman–Crippen LogP) is -0.886. The topological polar surface area (TPSA) is 128 Å². The Kier molecular flexibility index (Phi) is 5.42. The van der Waals surface area contributed by atoms with Crippen LogP contribution in [0.4, 0.5) is 0 Å². The molecule has 2 atom stereocenters. The van der Waals surface area contributed by atoms with Crippen molar-refractivity contribution in [3.8, 4) is 0 Å². The van der Waals surface area contributed by atoms with Gasteiger partial charge < -0.3 is 16.4 Å². The van der Waals surface area contributed by atoms with Crippen LogP contribution in [0.3, 0.4) is 0 Å². The molecule has 1 saturated heterocycles. The summed E-state index contributed by atoms with van der Waals surface area (Å²) in [6.45, 7) is 4.85. The van der Waals surface area contributed by atoms with Gasteiger partial charge in [-0.1, -0.05) is 13.8 Å². The Morgan fingerprint density at radius 1 is 1.50 bits per heavy atom. The molecule has 4 N–H and O–H groups in total. The third-order valence-corrected chi connectivity index (χ3v) is 3.48. The lowest BCUT2D eigenvalue weighted by molar-refractivity contribution is -0.123. The number of hydrogen-bond acceptors (Lipinski definition) is 6. The number of nitrogens with one attached hydrogen (secondary N) is 2. The molecule has 0 aliphatic carbocycles. The van der Waals surface area contributed by atoms with Gasteiger partial charge in [-0.05, 0) is 36.9 Å². The van der Waals surface area contributed by atoms with E-state index < -0.39 is 5.91 Å². The maximum Gasteiger partial charge on any atom is 0.241 e. The van der Waals surface area contributed by atoms with E-state index >= 15 is 0 Å². The number of primary amides is 1. The fourth-order valence-corrected chi connectivity index (χ4v) is 2.48. The molecule has 9 heteroatoms. The number of amides is 2. The summed E-state index contributed by atoms with van der Waals surface area (Å²) >= 11 is 0. The smallest absolute Gasteiger partial charge is 0.241 e. The first-order valence-corrected chi connectivity index (χ1v) is 7.55. The first-order valence-electron chi connectivity index (χ1n) is 7.55. The number of aromatic nitrogens is 4. The molecule has 122 valence electrons. The highest BCUT2D eigenvalue weighted by molar-refractivity contribution is 5.82. The summed E-state index contributed by atoms with van der Waals surface area (Å²) < 4.78 is 0.